The first-order valence-corrected chi connectivity index (χ1v) is 5.22. The van der Waals surface area contributed by atoms with Gasteiger partial charge in [-0.1, -0.05) is 26.7 Å². The normalized spacial score (nSPS) is 12.8. The molecule has 0 aromatic heterocycles. The van der Waals surface area contributed by atoms with Crippen LogP contribution in [-0.4, -0.2) is 18.5 Å². The van der Waals surface area contributed by atoms with Crippen molar-refractivity contribution in [2.24, 2.45) is 5.73 Å². The van der Waals surface area contributed by atoms with E-state index in [1.807, 2.05) is 0 Å². The van der Waals surface area contributed by atoms with E-state index >= 15 is 0 Å². The fourth-order valence-electron chi connectivity index (χ4n) is 1.32. The molecule has 1 atom stereocenters. The van der Waals surface area contributed by atoms with Crippen molar-refractivity contribution in [3.8, 4) is 0 Å². The van der Waals surface area contributed by atoms with Crippen LogP contribution in [0, 0.1) is 0 Å². The second-order valence-corrected chi connectivity index (χ2v) is 3.46. The molecule has 0 heterocycles. The second kappa shape index (κ2) is 8.05. The summed E-state index contributed by atoms with van der Waals surface area (Å²) in [4.78, 5) is 10.7. The zero-order valence-corrected chi connectivity index (χ0v) is 8.81. The summed E-state index contributed by atoms with van der Waals surface area (Å²) in [6.07, 6.45) is 4.96. The van der Waals surface area contributed by atoms with Crippen LogP contribution in [0.5, 0.6) is 0 Å². The lowest BCUT2D eigenvalue weighted by Gasteiger charge is -2.16. The highest BCUT2D eigenvalue weighted by molar-refractivity contribution is 5.74. The molecule has 0 fully saturated rings. The van der Waals surface area contributed by atoms with Crippen LogP contribution in [0.3, 0.4) is 0 Å². The van der Waals surface area contributed by atoms with Gasteiger partial charge in [0.05, 0.1) is 0 Å². The first-order chi connectivity index (χ1) is 6.20. The van der Waals surface area contributed by atoms with E-state index in [0.717, 1.165) is 25.8 Å². The van der Waals surface area contributed by atoms with Gasteiger partial charge >= 0.3 is 0 Å². The van der Waals surface area contributed by atoms with Gasteiger partial charge in [0, 0.05) is 12.5 Å². The van der Waals surface area contributed by atoms with E-state index in [9.17, 15) is 4.79 Å². The number of unbranched alkanes of at least 4 members (excludes halogenated alkanes) is 1. The fraction of sp³-hybridized carbons (Fsp3) is 0.900. The Bertz CT molecular complexity index is 129. The largest absolute Gasteiger partial charge is 0.370 e. The van der Waals surface area contributed by atoms with Crippen molar-refractivity contribution < 1.29 is 4.79 Å². The van der Waals surface area contributed by atoms with Gasteiger partial charge in [0.15, 0.2) is 0 Å². The maximum atomic E-state index is 10.7. The molecule has 0 spiro atoms. The number of primary amides is 1. The van der Waals surface area contributed by atoms with Crippen molar-refractivity contribution in [1.82, 2.24) is 5.32 Å². The average Bonchev–Trinajstić information content (AvgIpc) is 2.09. The summed E-state index contributed by atoms with van der Waals surface area (Å²) in [5.74, 6) is -0.204. The summed E-state index contributed by atoms with van der Waals surface area (Å²) in [5, 5.41) is 3.33. The lowest BCUT2D eigenvalue weighted by atomic mass is 10.1. The molecule has 3 nitrogen and oxygen atoms in total. The topological polar surface area (TPSA) is 55.1 Å². The Hall–Kier alpha value is -0.570. The minimum atomic E-state index is -0.204. The highest BCUT2D eigenvalue weighted by Crippen LogP contribution is 2.03. The molecule has 3 N–H and O–H groups in total. The third-order valence-corrected chi connectivity index (χ3v) is 2.04. The third-order valence-electron chi connectivity index (χ3n) is 2.04. The summed E-state index contributed by atoms with van der Waals surface area (Å²) in [6, 6.07) is 0.289. The van der Waals surface area contributed by atoms with Crippen LogP contribution in [0.25, 0.3) is 0 Å². The second-order valence-electron chi connectivity index (χ2n) is 3.46. The minimum absolute atomic E-state index is 0.204. The zero-order valence-electron chi connectivity index (χ0n) is 8.81. The molecule has 0 aromatic rings. The summed E-state index contributed by atoms with van der Waals surface area (Å²) in [6.45, 7) is 5.25. The van der Waals surface area contributed by atoms with Gasteiger partial charge in [0.1, 0.15) is 0 Å². The van der Waals surface area contributed by atoms with Gasteiger partial charge in [0.25, 0.3) is 0 Å². The van der Waals surface area contributed by atoms with Crippen molar-refractivity contribution in [2.45, 2.75) is 52.0 Å². The van der Waals surface area contributed by atoms with E-state index in [4.69, 9.17) is 5.73 Å². The van der Waals surface area contributed by atoms with Crippen LogP contribution in [0.4, 0.5) is 0 Å². The number of carbonyl (C=O) groups is 1. The molecule has 1 unspecified atom stereocenters. The Kier molecular flexibility index (Phi) is 7.69. The Balaban J connectivity index is 3.66. The molecule has 0 aliphatic carbocycles. The lowest BCUT2D eigenvalue weighted by Crippen LogP contribution is -2.34. The van der Waals surface area contributed by atoms with Crippen molar-refractivity contribution in [2.75, 3.05) is 6.54 Å². The van der Waals surface area contributed by atoms with Crippen molar-refractivity contribution >= 4 is 5.91 Å². The minimum Gasteiger partial charge on any atom is -0.370 e. The van der Waals surface area contributed by atoms with Gasteiger partial charge in [0.2, 0.25) is 5.91 Å². The molecule has 0 bridgehead atoms. The summed E-state index contributed by atoms with van der Waals surface area (Å²) in [7, 11) is 0. The Morgan fingerprint density at radius 3 is 2.54 bits per heavy atom. The van der Waals surface area contributed by atoms with Crippen LogP contribution in [-0.2, 0) is 4.79 Å². The SMILES string of the molecule is CCCCC(CC(N)=O)NCCC. The van der Waals surface area contributed by atoms with Crippen molar-refractivity contribution in [1.29, 1.82) is 0 Å². The molecule has 3 heteroatoms. The number of nitrogens with two attached hydrogens (primary N) is 1. The maximum absolute atomic E-state index is 10.7. The number of rotatable bonds is 8. The first-order valence-electron chi connectivity index (χ1n) is 5.22. The van der Waals surface area contributed by atoms with Crippen molar-refractivity contribution in [3.05, 3.63) is 0 Å². The monoisotopic (exact) mass is 186 g/mol. The van der Waals surface area contributed by atoms with E-state index < -0.39 is 0 Å². The predicted molar refractivity (Wildman–Crippen MR) is 55.4 cm³/mol. The molecule has 0 aliphatic heterocycles. The molecule has 0 rings (SSSR count). The van der Waals surface area contributed by atoms with Crippen LogP contribution >= 0.6 is 0 Å². The highest BCUT2D eigenvalue weighted by atomic mass is 16.1. The van der Waals surface area contributed by atoms with Gasteiger partial charge in [-0.05, 0) is 19.4 Å². The number of hydrogen-bond acceptors (Lipinski definition) is 2. The molecule has 13 heavy (non-hydrogen) atoms. The van der Waals surface area contributed by atoms with E-state index in [2.05, 4.69) is 19.2 Å². The summed E-state index contributed by atoms with van der Waals surface area (Å²) < 4.78 is 0. The Morgan fingerprint density at radius 1 is 1.38 bits per heavy atom. The molecule has 0 aliphatic rings. The van der Waals surface area contributed by atoms with Gasteiger partial charge < -0.3 is 11.1 Å². The number of hydrogen-bond donors (Lipinski definition) is 2. The van der Waals surface area contributed by atoms with Crippen LogP contribution < -0.4 is 11.1 Å². The van der Waals surface area contributed by atoms with Gasteiger partial charge in [-0.3, -0.25) is 4.79 Å². The Morgan fingerprint density at radius 2 is 2.08 bits per heavy atom. The van der Waals surface area contributed by atoms with Gasteiger partial charge in [-0.15, -0.1) is 0 Å². The summed E-state index contributed by atoms with van der Waals surface area (Å²) in [5.41, 5.74) is 5.16. The molecule has 0 radical (unpaired) electrons. The van der Waals surface area contributed by atoms with Crippen LogP contribution in [0.1, 0.15) is 46.0 Å². The molecule has 0 saturated heterocycles. The zero-order chi connectivity index (χ0) is 10.1. The maximum Gasteiger partial charge on any atom is 0.218 e. The predicted octanol–water partition coefficient (Wildman–Crippen LogP) is 1.42. The standard InChI is InChI=1S/C10H22N2O/c1-3-5-6-9(8-10(11)13)12-7-4-2/h9,12H,3-8H2,1-2H3,(H2,11,13). The summed E-state index contributed by atoms with van der Waals surface area (Å²) >= 11 is 0. The van der Waals surface area contributed by atoms with E-state index in [1.54, 1.807) is 0 Å². The Labute approximate surface area is 81.1 Å². The van der Waals surface area contributed by atoms with E-state index in [1.165, 1.54) is 6.42 Å². The highest BCUT2D eigenvalue weighted by Gasteiger charge is 2.09. The van der Waals surface area contributed by atoms with E-state index in [-0.39, 0.29) is 11.9 Å². The number of nitrogens with one attached hydrogen (secondary N) is 1. The van der Waals surface area contributed by atoms with Crippen LogP contribution in [0.15, 0.2) is 0 Å². The molecule has 0 saturated carbocycles. The quantitative estimate of drug-likeness (QED) is 0.602. The van der Waals surface area contributed by atoms with Gasteiger partial charge in [-0.2, -0.15) is 0 Å². The van der Waals surface area contributed by atoms with Gasteiger partial charge in [-0.25, -0.2) is 0 Å². The van der Waals surface area contributed by atoms with E-state index in [0.29, 0.717) is 6.42 Å². The van der Waals surface area contributed by atoms with Crippen LogP contribution in [0.2, 0.25) is 0 Å². The molecular weight excluding hydrogens is 164 g/mol. The molecular formula is C10H22N2O. The lowest BCUT2D eigenvalue weighted by molar-refractivity contribution is -0.118. The third kappa shape index (κ3) is 7.78. The molecule has 1 amide bonds. The number of amides is 1. The molecule has 0 aromatic carbocycles. The molecule has 78 valence electrons. The van der Waals surface area contributed by atoms with Crippen molar-refractivity contribution in [3.63, 3.8) is 0 Å². The average molecular weight is 186 g/mol. The fourth-order valence-corrected chi connectivity index (χ4v) is 1.32. The first kappa shape index (κ1) is 12.4. The smallest absolute Gasteiger partial charge is 0.218 e. The number of carbonyl (C=O) groups excluding carboxylic acids is 1.